The molecule has 0 spiro atoms. The Bertz CT molecular complexity index is 3150. The van der Waals surface area contributed by atoms with Gasteiger partial charge in [0.1, 0.15) is 11.6 Å². The van der Waals surface area contributed by atoms with Gasteiger partial charge in [-0.3, -0.25) is 0 Å². The van der Waals surface area contributed by atoms with E-state index >= 15 is 0 Å². The van der Waals surface area contributed by atoms with Gasteiger partial charge in [0.25, 0.3) is 11.9 Å². The first-order valence-electron chi connectivity index (χ1n) is 26.2. The number of nitrogens with zero attached hydrogens (tertiary/aromatic N) is 14. The summed E-state index contributed by atoms with van der Waals surface area (Å²) in [7, 11) is -0.706. The van der Waals surface area contributed by atoms with Crippen LogP contribution in [0.25, 0.3) is 0 Å². The van der Waals surface area contributed by atoms with Crippen LogP contribution in [0.15, 0.2) is 70.7 Å². The van der Waals surface area contributed by atoms with Crippen molar-refractivity contribution in [3.05, 3.63) is 105 Å². The standard InChI is InChI=1S/C26H31F6N7O2S.C26H31F6N7S/c1-4-38(14-17-7-5-6-8-17)23-19(11-22(13-33-23)42(3,40)41)16-39(24-34-36-37(2)35-24)15-18-9-20(25(27,28)29)12-21(10-18)26(30,31)32;1-4-38(14-17-7-5-6-8-17)23-19(11-22(40-3)13-33-23)16-39(24-34-36-37(2)35-24)15-18-9-20(25(27,28)29)12-21(10-18)26(30,31)32/h9-13,17H,4-8,14-16H2,1-3H3;9-13,17H,4-8,14-16H2,1-3H3. The summed E-state index contributed by atoms with van der Waals surface area (Å²) in [6.07, 6.45) is -5.02. The van der Waals surface area contributed by atoms with Crippen LogP contribution in [-0.2, 0) is 74.8 Å². The molecule has 2 saturated carbocycles. The molecule has 0 atom stereocenters. The maximum Gasteiger partial charge on any atom is 0.416 e. The number of hydrogen-bond donors (Lipinski definition) is 0. The topological polar surface area (TPSA) is 160 Å². The second kappa shape index (κ2) is 26.0. The number of rotatable bonds is 20. The number of thioether (sulfide) groups is 1. The van der Waals surface area contributed by atoms with Crippen molar-refractivity contribution >= 4 is 45.1 Å². The maximum absolute atomic E-state index is 13.6. The van der Waals surface area contributed by atoms with Crippen LogP contribution in [0.3, 0.4) is 0 Å². The van der Waals surface area contributed by atoms with E-state index in [9.17, 15) is 61.1 Å². The first-order valence-corrected chi connectivity index (χ1v) is 29.3. The average Bonchev–Trinajstić information content (AvgIpc) is 4.32. The third kappa shape index (κ3) is 16.9. The van der Waals surface area contributed by atoms with Crippen molar-refractivity contribution in [3.63, 3.8) is 0 Å². The Morgan fingerprint density at radius 3 is 1.22 bits per heavy atom. The van der Waals surface area contributed by atoms with Gasteiger partial charge in [-0.2, -0.15) is 62.3 Å². The van der Waals surface area contributed by atoms with Crippen molar-refractivity contribution in [1.29, 1.82) is 0 Å². The number of aromatic nitrogens is 10. The summed E-state index contributed by atoms with van der Waals surface area (Å²) in [5.41, 5.74) is -4.95. The summed E-state index contributed by atoms with van der Waals surface area (Å²) in [5, 5.41) is 23.9. The van der Waals surface area contributed by atoms with Gasteiger partial charge in [0, 0.05) is 73.9 Å². The lowest BCUT2D eigenvalue weighted by molar-refractivity contribution is -0.144. The van der Waals surface area contributed by atoms with Gasteiger partial charge < -0.3 is 19.6 Å². The van der Waals surface area contributed by atoms with Crippen LogP contribution in [0.4, 0.5) is 76.2 Å². The number of benzene rings is 2. The zero-order valence-corrected chi connectivity index (χ0v) is 47.3. The molecule has 16 nitrogen and oxygen atoms in total. The first-order chi connectivity index (χ1) is 38.4. The highest BCUT2D eigenvalue weighted by atomic mass is 32.2. The molecule has 0 amide bonds. The minimum absolute atomic E-state index is 0.0637. The maximum atomic E-state index is 13.6. The highest BCUT2D eigenvalue weighted by Crippen LogP contribution is 2.40. The highest BCUT2D eigenvalue weighted by molar-refractivity contribution is 7.98. The minimum Gasteiger partial charge on any atom is -0.356 e. The summed E-state index contributed by atoms with van der Waals surface area (Å²) in [6, 6.07) is 6.30. The third-order valence-corrected chi connectivity index (χ3v) is 15.9. The van der Waals surface area contributed by atoms with Crippen LogP contribution in [0, 0.1) is 11.8 Å². The molecule has 8 rings (SSSR count). The molecule has 0 bridgehead atoms. The third-order valence-electron chi connectivity index (χ3n) is 14.1. The van der Waals surface area contributed by atoms with Crippen LogP contribution in [0.1, 0.15) is 110 Å². The van der Waals surface area contributed by atoms with Gasteiger partial charge in [-0.05, 0) is 128 Å². The second-order valence-electron chi connectivity index (χ2n) is 20.4. The van der Waals surface area contributed by atoms with Gasteiger partial charge >= 0.3 is 24.7 Å². The zero-order chi connectivity index (χ0) is 60.0. The van der Waals surface area contributed by atoms with E-state index in [1.165, 1.54) is 65.6 Å². The molecule has 2 aliphatic rings. The van der Waals surface area contributed by atoms with Crippen LogP contribution in [0.2, 0.25) is 0 Å². The Morgan fingerprint density at radius 2 is 0.902 bits per heavy atom. The molecule has 30 heteroatoms. The number of aryl methyl sites for hydroxylation is 2. The molecular formula is C52H62F12N14O2S2. The largest absolute Gasteiger partial charge is 0.416 e. The Balaban J connectivity index is 0.000000236. The number of pyridine rings is 2. The Hall–Kier alpha value is -6.46. The van der Waals surface area contributed by atoms with Crippen molar-refractivity contribution in [2.45, 2.75) is 126 Å². The van der Waals surface area contributed by atoms with E-state index in [-0.39, 0.29) is 59.7 Å². The molecule has 2 fully saturated rings. The molecule has 0 N–H and O–H groups in total. The van der Waals surface area contributed by atoms with E-state index in [0.717, 1.165) is 84.5 Å². The monoisotopic (exact) mass is 1210 g/mol. The molecule has 448 valence electrons. The lowest BCUT2D eigenvalue weighted by atomic mass is 10.0. The number of anilines is 4. The van der Waals surface area contributed by atoms with Gasteiger partial charge in [0.15, 0.2) is 9.84 Å². The van der Waals surface area contributed by atoms with Gasteiger partial charge in [0.05, 0.1) is 54.3 Å². The van der Waals surface area contributed by atoms with Crippen LogP contribution in [0.5, 0.6) is 0 Å². The van der Waals surface area contributed by atoms with Gasteiger partial charge in [-0.15, -0.1) is 22.0 Å². The fourth-order valence-corrected chi connectivity index (χ4v) is 11.1. The smallest absolute Gasteiger partial charge is 0.356 e. The fourth-order valence-electron chi connectivity index (χ4n) is 10.1. The van der Waals surface area contributed by atoms with Crippen molar-refractivity contribution in [2.75, 3.05) is 58.3 Å². The van der Waals surface area contributed by atoms with Gasteiger partial charge in [-0.25, -0.2) is 18.4 Å². The quantitative estimate of drug-likeness (QED) is 0.0524. The van der Waals surface area contributed by atoms with E-state index in [4.69, 9.17) is 4.98 Å². The predicted molar refractivity (Wildman–Crippen MR) is 283 cm³/mol. The summed E-state index contributed by atoms with van der Waals surface area (Å²) in [4.78, 5) is 19.3. The van der Waals surface area contributed by atoms with Crippen LogP contribution in [-0.4, -0.2) is 97.5 Å². The second-order valence-corrected chi connectivity index (χ2v) is 23.3. The molecule has 4 heterocycles. The van der Waals surface area contributed by atoms with Crippen molar-refractivity contribution in [3.8, 4) is 0 Å². The summed E-state index contributed by atoms with van der Waals surface area (Å²) >= 11 is 1.49. The summed E-state index contributed by atoms with van der Waals surface area (Å²) in [5.74, 6) is 2.15. The summed E-state index contributed by atoms with van der Waals surface area (Å²) < 4.78 is 187. The molecule has 4 aromatic heterocycles. The van der Waals surface area contributed by atoms with Crippen molar-refractivity contribution in [2.24, 2.45) is 25.9 Å². The van der Waals surface area contributed by atoms with Gasteiger partial charge in [0.2, 0.25) is 0 Å². The lowest BCUT2D eigenvalue weighted by Gasteiger charge is -2.29. The number of sulfone groups is 1. The van der Waals surface area contributed by atoms with Crippen LogP contribution >= 0.6 is 11.8 Å². The fraction of sp³-hybridized carbons (Fsp3) is 0.538. The van der Waals surface area contributed by atoms with Crippen molar-refractivity contribution in [1.82, 2.24) is 50.4 Å². The molecule has 0 aliphatic heterocycles. The number of alkyl halides is 12. The number of halogens is 12. The van der Waals surface area contributed by atoms with Crippen LogP contribution < -0.4 is 19.6 Å². The van der Waals surface area contributed by atoms with E-state index in [0.29, 0.717) is 55.0 Å². The SMILES string of the molecule is CCN(CC1CCCC1)c1ncc(S(C)(=O)=O)cc1CN(Cc1cc(C(F)(F)F)cc(C(F)(F)F)c1)c1nnn(C)n1.CCN(CC1CCCC1)c1ncc(SC)cc1CN(Cc1cc(C(F)(F)F)cc(C(F)(F)F)c1)c1nnn(C)n1. The number of tetrazole rings is 2. The minimum atomic E-state index is -5.02. The molecule has 0 radical (unpaired) electrons. The Labute approximate surface area is 470 Å². The zero-order valence-electron chi connectivity index (χ0n) is 45.7. The van der Waals surface area contributed by atoms with Crippen molar-refractivity contribution < 1.29 is 61.1 Å². The molecule has 2 aromatic carbocycles. The molecule has 2 aliphatic carbocycles. The molecule has 0 saturated heterocycles. The first kappa shape index (κ1) is 63.1. The predicted octanol–water partition coefficient (Wildman–Crippen LogP) is 11.9. The molecular weight excluding hydrogens is 1140 g/mol. The number of hydrogen-bond acceptors (Lipinski definition) is 15. The van der Waals surface area contributed by atoms with E-state index in [1.807, 2.05) is 31.1 Å². The molecule has 0 unspecified atom stereocenters. The summed E-state index contributed by atoms with van der Waals surface area (Å²) in [6.45, 7) is 5.84. The molecule has 82 heavy (non-hydrogen) atoms. The average molecular weight is 1210 g/mol. The van der Waals surface area contributed by atoms with E-state index in [1.54, 1.807) is 6.20 Å². The normalized spacial score (nSPS) is 14.8. The van der Waals surface area contributed by atoms with E-state index < -0.39 is 63.3 Å². The lowest BCUT2D eigenvalue weighted by Crippen LogP contribution is -2.32. The highest BCUT2D eigenvalue weighted by Gasteiger charge is 2.39. The Kier molecular flexibility index (Phi) is 20.0. The molecule has 6 aromatic rings. The Morgan fingerprint density at radius 1 is 0.537 bits per heavy atom. The van der Waals surface area contributed by atoms with Gasteiger partial charge in [-0.1, -0.05) is 35.9 Å². The van der Waals surface area contributed by atoms with E-state index in [2.05, 4.69) is 40.7 Å².